The fourth-order valence-corrected chi connectivity index (χ4v) is 2.64. The molecule has 0 saturated carbocycles. The zero-order valence-electron chi connectivity index (χ0n) is 12.5. The van der Waals surface area contributed by atoms with E-state index in [9.17, 15) is 0 Å². The standard InChI is InChI=1S/C18H14N4O/c1-23-16-9-3-2-8-15(16)22-17(13-6-4-10-19-12-13)21-14-7-5-11-20-18(14)22/h2-12H,1H3. The van der Waals surface area contributed by atoms with Crippen LogP contribution in [0.4, 0.5) is 0 Å². The molecule has 0 saturated heterocycles. The molecule has 4 aromatic rings. The van der Waals surface area contributed by atoms with Crippen molar-refractivity contribution in [1.82, 2.24) is 19.5 Å². The second-order valence-corrected chi connectivity index (χ2v) is 5.03. The quantitative estimate of drug-likeness (QED) is 0.581. The molecule has 0 fully saturated rings. The van der Waals surface area contributed by atoms with E-state index in [-0.39, 0.29) is 0 Å². The second kappa shape index (κ2) is 5.53. The molecule has 0 aliphatic carbocycles. The summed E-state index contributed by atoms with van der Waals surface area (Å²) in [5.74, 6) is 1.55. The van der Waals surface area contributed by atoms with Crippen molar-refractivity contribution in [2.24, 2.45) is 0 Å². The van der Waals surface area contributed by atoms with E-state index >= 15 is 0 Å². The first-order valence-electron chi connectivity index (χ1n) is 7.26. The first-order chi connectivity index (χ1) is 11.4. The highest BCUT2D eigenvalue weighted by atomic mass is 16.5. The molecular weight excluding hydrogens is 288 g/mol. The number of benzene rings is 1. The molecule has 0 bridgehead atoms. The third kappa shape index (κ3) is 2.23. The van der Waals surface area contributed by atoms with Crippen LogP contribution in [-0.2, 0) is 0 Å². The lowest BCUT2D eigenvalue weighted by atomic mass is 10.2. The van der Waals surface area contributed by atoms with E-state index < -0.39 is 0 Å². The van der Waals surface area contributed by atoms with Gasteiger partial charge in [-0.15, -0.1) is 0 Å². The van der Waals surface area contributed by atoms with Crippen LogP contribution in [0.2, 0.25) is 0 Å². The van der Waals surface area contributed by atoms with Gasteiger partial charge in [0.05, 0.1) is 12.8 Å². The predicted molar refractivity (Wildman–Crippen MR) is 88.6 cm³/mol. The van der Waals surface area contributed by atoms with Crippen molar-refractivity contribution in [3.63, 3.8) is 0 Å². The molecule has 23 heavy (non-hydrogen) atoms. The van der Waals surface area contributed by atoms with Gasteiger partial charge in [0, 0.05) is 24.2 Å². The van der Waals surface area contributed by atoms with Crippen LogP contribution in [-0.4, -0.2) is 26.6 Å². The van der Waals surface area contributed by atoms with Crippen molar-refractivity contribution < 1.29 is 4.74 Å². The summed E-state index contributed by atoms with van der Waals surface area (Å²) in [4.78, 5) is 13.4. The second-order valence-electron chi connectivity index (χ2n) is 5.03. The smallest absolute Gasteiger partial charge is 0.165 e. The molecule has 3 heterocycles. The lowest BCUT2D eigenvalue weighted by Gasteiger charge is -2.12. The van der Waals surface area contributed by atoms with Crippen molar-refractivity contribution in [2.45, 2.75) is 0 Å². The zero-order chi connectivity index (χ0) is 15.6. The highest BCUT2D eigenvalue weighted by Crippen LogP contribution is 2.31. The Kier molecular flexibility index (Phi) is 3.24. The molecule has 0 N–H and O–H groups in total. The van der Waals surface area contributed by atoms with Gasteiger partial charge in [0.1, 0.15) is 17.1 Å². The van der Waals surface area contributed by atoms with Crippen LogP contribution in [0.15, 0.2) is 67.1 Å². The summed E-state index contributed by atoms with van der Waals surface area (Å²) >= 11 is 0. The van der Waals surface area contributed by atoms with Gasteiger partial charge in [0.25, 0.3) is 0 Å². The fraction of sp³-hybridized carbons (Fsp3) is 0.0556. The van der Waals surface area contributed by atoms with Crippen LogP contribution in [0.1, 0.15) is 0 Å². The molecule has 0 amide bonds. The summed E-state index contributed by atoms with van der Waals surface area (Å²) in [6.07, 6.45) is 5.31. The van der Waals surface area contributed by atoms with Gasteiger partial charge in [-0.25, -0.2) is 9.97 Å². The molecule has 0 aliphatic rings. The normalized spacial score (nSPS) is 10.8. The highest BCUT2D eigenvalue weighted by Gasteiger charge is 2.17. The van der Waals surface area contributed by atoms with Gasteiger partial charge in [-0.05, 0) is 36.4 Å². The lowest BCUT2D eigenvalue weighted by molar-refractivity contribution is 0.413. The van der Waals surface area contributed by atoms with Gasteiger partial charge in [-0.2, -0.15) is 0 Å². The van der Waals surface area contributed by atoms with Crippen molar-refractivity contribution in [3.8, 4) is 22.8 Å². The summed E-state index contributed by atoms with van der Waals surface area (Å²) in [7, 11) is 1.66. The molecule has 1 aromatic carbocycles. The van der Waals surface area contributed by atoms with Gasteiger partial charge in [-0.3, -0.25) is 9.55 Å². The molecule has 112 valence electrons. The number of imidazole rings is 1. The summed E-state index contributed by atoms with van der Waals surface area (Å²) in [6, 6.07) is 15.6. The zero-order valence-corrected chi connectivity index (χ0v) is 12.5. The predicted octanol–water partition coefficient (Wildman–Crippen LogP) is 3.49. The Morgan fingerprint density at radius 1 is 0.957 bits per heavy atom. The van der Waals surface area contributed by atoms with Crippen LogP contribution in [0.3, 0.4) is 0 Å². The first-order valence-corrected chi connectivity index (χ1v) is 7.26. The Balaban J connectivity index is 2.08. The minimum atomic E-state index is 0.766. The van der Waals surface area contributed by atoms with Crippen LogP contribution < -0.4 is 4.74 Å². The van der Waals surface area contributed by atoms with E-state index in [0.717, 1.165) is 34.0 Å². The van der Waals surface area contributed by atoms with E-state index in [1.165, 1.54) is 0 Å². The number of pyridine rings is 2. The summed E-state index contributed by atoms with van der Waals surface area (Å²) in [5, 5.41) is 0. The number of nitrogens with zero attached hydrogens (tertiary/aromatic N) is 4. The van der Waals surface area contributed by atoms with Crippen LogP contribution in [0.5, 0.6) is 5.75 Å². The lowest BCUT2D eigenvalue weighted by Crippen LogP contribution is -2.01. The van der Waals surface area contributed by atoms with Gasteiger partial charge >= 0.3 is 0 Å². The summed E-state index contributed by atoms with van der Waals surface area (Å²) in [6.45, 7) is 0. The van der Waals surface area contributed by atoms with E-state index in [4.69, 9.17) is 9.72 Å². The van der Waals surface area contributed by atoms with Crippen LogP contribution in [0.25, 0.3) is 28.2 Å². The number of rotatable bonds is 3. The number of para-hydroxylation sites is 2. The third-order valence-corrected chi connectivity index (χ3v) is 3.66. The van der Waals surface area contributed by atoms with Crippen molar-refractivity contribution in [3.05, 3.63) is 67.1 Å². The van der Waals surface area contributed by atoms with Gasteiger partial charge in [0.15, 0.2) is 5.65 Å². The molecule has 5 heteroatoms. The Hall–Kier alpha value is -3.21. The third-order valence-electron chi connectivity index (χ3n) is 3.66. The molecule has 0 radical (unpaired) electrons. The van der Waals surface area contributed by atoms with Gasteiger partial charge in [-0.1, -0.05) is 12.1 Å². The van der Waals surface area contributed by atoms with Crippen molar-refractivity contribution in [1.29, 1.82) is 0 Å². The maximum absolute atomic E-state index is 5.52. The van der Waals surface area contributed by atoms with Crippen LogP contribution >= 0.6 is 0 Å². The van der Waals surface area contributed by atoms with E-state index in [2.05, 4.69) is 9.97 Å². The highest BCUT2D eigenvalue weighted by molar-refractivity contribution is 5.80. The number of hydrogen-bond donors (Lipinski definition) is 0. The topological polar surface area (TPSA) is 52.8 Å². The SMILES string of the molecule is COc1ccccc1-n1c(-c2cccnc2)nc2cccnc21. The first kappa shape index (κ1) is 13.5. The molecule has 0 unspecified atom stereocenters. The minimum Gasteiger partial charge on any atom is -0.495 e. The van der Waals surface area contributed by atoms with Crippen LogP contribution in [0, 0.1) is 0 Å². The Morgan fingerprint density at radius 2 is 1.83 bits per heavy atom. The van der Waals surface area contributed by atoms with Crippen molar-refractivity contribution in [2.75, 3.05) is 7.11 Å². The number of hydrogen-bond acceptors (Lipinski definition) is 4. The Bertz CT molecular complexity index is 963. The van der Waals surface area contributed by atoms with Gasteiger partial charge < -0.3 is 4.74 Å². The average Bonchev–Trinajstić information content (AvgIpc) is 3.02. The Labute approximate surface area is 133 Å². The van der Waals surface area contributed by atoms with E-state index in [1.807, 2.05) is 53.1 Å². The maximum atomic E-state index is 5.52. The van der Waals surface area contributed by atoms with E-state index in [1.54, 1.807) is 25.7 Å². The number of fused-ring (bicyclic) bond motifs is 1. The molecule has 4 rings (SSSR count). The number of ether oxygens (including phenoxy) is 1. The molecular formula is C18H14N4O. The summed E-state index contributed by atoms with van der Waals surface area (Å²) in [5.41, 5.74) is 3.44. The molecule has 0 spiro atoms. The molecule has 0 aliphatic heterocycles. The summed E-state index contributed by atoms with van der Waals surface area (Å²) < 4.78 is 7.52. The maximum Gasteiger partial charge on any atom is 0.165 e. The fourth-order valence-electron chi connectivity index (χ4n) is 2.64. The molecule has 3 aromatic heterocycles. The van der Waals surface area contributed by atoms with Crippen molar-refractivity contribution >= 4 is 11.2 Å². The largest absolute Gasteiger partial charge is 0.495 e. The minimum absolute atomic E-state index is 0.766. The Morgan fingerprint density at radius 3 is 2.65 bits per heavy atom. The molecule has 0 atom stereocenters. The van der Waals surface area contributed by atoms with Gasteiger partial charge in [0.2, 0.25) is 0 Å². The monoisotopic (exact) mass is 302 g/mol. The average molecular weight is 302 g/mol. The molecule has 5 nitrogen and oxygen atoms in total. The number of methoxy groups -OCH3 is 1. The number of aromatic nitrogens is 4. The van der Waals surface area contributed by atoms with E-state index in [0.29, 0.717) is 0 Å².